The first-order valence-corrected chi connectivity index (χ1v) is 6.12. The summed E-state index contributed by atoms with van der Waals surface area (Å²) in [6.07, 6.45) is 6.98. The largest absolute Gasteiger partial charge is 0.362 e. The van der Waals surface area contributed by atoms with E-state index in [9.17, 15) is 0 Å². The molecule has 1 aliphatic rings. The van der Waals surface area contributed by atoms with Crippen molar-refractivity contribution in [3.8, 4) is 0 Å². The summed E-state index contributed by atoms with van der Waals surface area (Å²) in [7, 11) is 0. The standard InChI is InChI=1S/C14H20N2/c1-2-16-12-6-9-14(16)10-11-15-13-7-4-3-5-8-13/h3-5,7-8,10-11,14-15H,2,6,9,12H2,1H3. The number of rotatable bonds is 4. The third kappa shape index (κ3) is 2.86. The minimum atomic E-state index is 0.626. The number of para-hydroxylation sites is 1. The van der Waals surface area contributed by atoms with Crippen molar-refractivity contribution in [3.63, 3.8) is 0 Å². The van der Waals surface area contributed by atoms with Crippen LogP contribution < -0.4 is 5.32 Å². The van der Waals surface area contributed by atoms with Gasteiger partial charge in [0, 0.05) is 11.7 Å². The molecule has 1 saturated heterocycles. The molecule has 1 aromatic carbocycles. The lowest BCUT2D eigenvalue weighted by Gasteiger charge is -2.19. The summed E-state index contributed by atoms with van der Waals surface area (Å²) in [6.45, 7) is 4.63. The van der Waals surface area contributed by atoms with E-state index in [1.807, 2.05) is 18.2 Å². The molecule has 1 N–H and O–H groups in total. The van der Waals surface area contributed by atoms with Crippen LogP contribution in [0.1, 0.15) is 19.8 Å². The van der Waals surface area contributed by atoms with Gasteiger partial charge in [0.05, 0.1) is 0 Å². The fourth-order valence-corrected chi connectivity index (χ4v) is 2.25. The zero-order valence-electron chi connectivity index (χ0n) is 9.89. The molecule has 0 saturated carbocycles. The van der Waals surface area contributed by atoms with Crippen LogP contribution in [0, 0.1) is 0 Å². The molecule has 1 heterocycles. The molecule has 0 aliphatic carbocycles. The van der Waals surface area contributed by atoms with E-state index in [2.05, 4.69) is 41.5 Å². The van der Waals surface area contributed by atoms with Crippen molar-refractivity contribution in [2.75, 3.05) is 18.4 Å². The van der Waals surface area contributed by atoms with Crippen LogP contribution in [0.15, 0.2) is 42.6 Å². The molecule has 1 aliphatic heterocycles. The Kier molecular flexibility index (Phi) is 4.00. The Hall–Kier alpha value is -1.28. The minimum Gasteiger partial charge on any atom is -0.362 e. The van der Waals surface area contributed by atoms with Crippen molar-refractivity contribution < 1.29 is 0 Å². The Morgan fingerprint density at radius 3 is 2.94 bits per heavy atom. The maximum Gasteiger partial charge on any atom is 0.0379 e. The van der Waals surface area contributed by atoms with E-state index in [-0.39, 0.29) is 0 Å². The van der Waals surface area contributed by atoms with Gasteiger partial charge in [-0.2, -0.15) is 0 Å². The quantitative estimate of drug-likeness (QED) is 0.832. The van der Waals surface area contributed by atoms with E-state index < -0.39 is 0 Å². The van der Waals surface area contributed by atoms with Crippen LogP contribution in [0.4, 0.5) is 5.69 Å². The molecule has 0 amide bonds. The first-order chi connectivity index (χ1) is 7.90. The van der Waals surface area contributed by atoms with E-state index in [0.717, 1.165) is 12.2 Å². The van der Waals surface area contributed by atoms with E-state index in [1.165, 1.54) is 19.4 Å². The Morgan fingerprint density at radius 1 is 1.38 bits per heavy atom. The first-order valence-electron chi connectivity index (χ1n) is 6.12. The second-order valence-electron chi connectivity index (χ2n) is 4.21. The van der Waals surface area contributed by atoms with Crippen LogP contribution in [-0.2, 0) is 0 Å². The lowest BCUT2D eigenvalue weighted by atomic mass is 10.2. The number of nitrogens with one attached hydrogen (secondary N) is 1. The van der Waals surface area contributed by atoms with Gasteiger partial charge in [-0.1, -0.05) is 31.2 Å². The average Bonchev–Trinajstić information content (AvgIpc) is 2.78. The molecule has 2 heteroatoms. The van der Waals surface area contributed by atoms with Gasteiger partial charge >= 0.3 is 0 Å². The molecule has 86 valence electrons. The van der Waals surface area contributed by atoms with Crippen LogP contribution in [0.25, 0.3) is 0 Å². The SMILES string of the molecule is CCN1CCCC1C=CNc1ccccc1. The molecule has 1 atom stereocenters. The van der Waals surface area contributed by atoms with Crippen molar-refractivity contribution in [2.24, 2.45) is 0 Å². The van der Waals surface area contributed by atoms with E-state index in [1.54, 1.807) is 0 Å². The maximum absolute atomic E-state index is 3.31. The topological polar surface area (TPSA) is 15.3 Å². The molecular weight excluding hydrogens is 196 g/mol. The second-order valence-corrected chi connectivity index (χ2v) is 4.21. The molecule has 1 aromatic rings. The molecule has 0 spiro atoms. The number of likely N-dealkylation sites (N-methyl/N-ethyl adjacent to an activating group) is 1. The fraction of sp³-hybridized carbons (Fsp3) is 0.429. The van der Waals surface area contributed by atoms with Gasteiger partial charge < -0.3 is 5.32 Å². The Balaban J connectivity index is 1.85. The summed E-state index contributed by atoms with van der Waals surface area (Å²) in [5.41, 5.74) is 1.15. The minimum absolute atomic E-state index is 0.626. The summed E-state index contributed by atoms with van der Waals surface area (Å²) in [4.78, 5) is 2.52. The van der Waals surface area contributed by atoms with Gasteiger partial charge in [0.1, 0.15) is 0 Å². The number of benzene rings is 1. The number of anilines is 1. The van der Waals surface area contributed by atoms with E-state index >= 15 is 0 Å². The average molecular weight is 216 g/mol. The fourth-order valence-electron chi connectivity index (χ4n) is 2.25. The molecule has 16 heavy (non-hydrogen) atoms. The molecule has 2 rings (SSSR count). The lowest BCUT2D eigenvalue weighted by Crippen LogP contribution is -2.27. The zero-order chi connectivity index (χ0) is 11.2. The Bertz CT molecular complexity index is 332. The van der Waals surface area contributed by atoms with Crippen molar-refractivity contribution in [2.45, 2.75) is 25.8 Å². The molecule has 0 aromatic heterocycles. The molecule has 0 bridgehead atoms. The van der Waals surface area contributed by atoms with Gasteiger partial charge in [0.2, 0.25) is 0 Å². The third-order valence-electron chi connectivity index (χ3n) is 3.16. The Labute approximate surface area is 98.0 Å². The highest BCUT2D eigenvalue weighted by Gasteiger charge is 2.19. The van der Waals surface area contributed by atoms with Crippen LogP contribution in [-0.4, -0.2) is 24.0 Å². The number of likely N-dealkylation sites (tertiary alicyclic amines) is 1. The van der Waals surface area contributed by atoms with Crippen LogP contribution >= 0.6 is 0 Å². The summed E-state index contributed by atoms with van der Waals surface area (Å²) >= 11 is 0. The summed E-state index contributed by atoms with van der Waals surface area (Å²) in [5.74, 6) is 0. The molecule has 1 unspecified atom stereocenters. The van der Waals surface area contributed by atoms with Gasteiger partial charge in [-0.15, -0.1) is 0 Å². The third-order valence-corrected chi connectivity index (χ3v) is 3.16. The zero-order valence-corrected chi connectivity index (χ0v) is 9.89. The number of hydrogen-bond acceptors (Lipinski definition) is 2. The molecule has 2 nitrogen and oxygen atoms in total. The summed E-state index contributed by atoms with van der Waals surface area (Å²) < 4.78 is 0. The second kappa shape index (κ2) is 5.71. The molecule has 1 fully saturated rings. The van der Waals surface area contributed by atoms with Crippen LogP contribution in [0.2, 0.25) is 0 Å². The Morgan fingerprint density at radius 2 is 2.19 bits per heavy atom. The predicted octanol–water partition coefficient (Wildman–Crippen LogP) is 3.10. The normalized spacial score (nSPS) is 21.7. The smallest absolute Gasteiger partial charge is 0.0379 e. The van der Waals surface area contributed by atoms with Crippen molar-refractivity contribution in [3.05, 3.63) is 42.6 Å². The van der Waals surface area contributed by atoms with Gasteiger partial charge in [-0.3, -0.25) is 4.90 Å². The van der Waals surface area contributed by atoms with Crippen LogP contribution in [0.5, 0.6) is 0 Å². The summed E-state index contributed by atoms with van der Waals surface area (Å²) in [5, 5.41) is 3.31. The van der Waals surface area contributed by atoms with Gasteiger partial charge in [0.25, 0.3) is 0 Å². The van der Waals surface area contributed by atoms with Crippen molar-refractivity contribution in [1.29, 1.82) is 0 Å². The molecular formula is C14H20N2. The predicted molar refractivity (Wildman–Crippen MR) is 69.5 cm³/mol. The van der Waals surface area contributed by atoms with Gasteiger partial charge in [-0.05, 0) is 44.3 Å². The first kappa shape index (κ1) is 11.2. The highest BCUT2D eigenvalue weighted by Crippen LogP contribution is 2.17. The summed E-state index contributed by atoms with van der Waals surface area (Å²) in [6, 6.07) is 10.9. The van der Waals surface area contributed by atoms with E-state index in [0.29, 0.717) is 6.04 Å². The van der Waals surface area contributed by atoms with Crippen LogP contribution in [0.3, 0.4) is 0 Å². The highest BCUT2D eigenvalue weighted by atomic mass is 15.2. The van der Waals surface area contributed by atoms with Crippen molar-refractivity contribution >= 4 is 5.69 Å². The van der Waals surface area contributed by atoms with Crippen molar-refractivity contribution in [1.82, 2.24) is 4.90 Å². The lowest BCUT2D eigenvalue weighted by molar-refractivity contribution is 0.306. The number of hydrogen-bond donors (Lipinski definition) is 1. The van der Waals surface area contributed by atoms with E-state index in [4.69, 9.17) is 0 Å². The monoisotopic (exact) mass is 216 g/mol. The maximum atomic E-state index is 3.31. The highest BCUT2D eigenvalue weighted by molar-refractivity contribution is 5.44. The molecule has 0 radical (unpaired) electrons. The van der Waals surface area contributed by atoms with Gasteiger partial charge in [0.15, 0.2) is 0 Å². The van der Waals surface area contributed by atoms with Gasteiger partial charge in [-0.25, -0.2) is 0 Å². The number of nitrogens with zero attached hydrogens (tertiary/aromatic N) is 1.